The standard InChI is InChI=1S/C22H28BrN3O3S/c1-25(17-18-5-9-20(10-6-18)26-15-3-2-4-16-26)22(27)13-14-24-30(28,29)21-11-7-19(23)8-12-21/h5-12,24H,2-4,13-17H2,1H3. The first-order valence-corrected chi connectivity index (χ1v) is 12.5. The lowest BCUT2D eigenvalue weighted by molar-refractivity contribution is -0.130. The molecule has 0 radical (unpaired) electrons. The summed E-state index contributed by atoms with van der Waals surface area (Å²) in [6.45, 7) is 2.77. The molecule has 2 aromatic carbocycles. The molecule has 162 valence electrons. The molecular formula is C22H28BrN3O3S. The minimum Gasteiger partial charge on any atom is -0.372 e. The normalized spacial score (nSPS) is 14.5. The lowest BCUT2D eigenvalue weighted by atomic mass is 10.1. The lowest BCUT2D eigenvalue weighted by Gasteiger charge is -2.29. The second kappa shape index (κ2) is 10.4. The topological polar surface area (TPSA) is 69.7 Å². The van der Waals surface area contributed by atoms with Gasteiger partial charge >= 0.3 is 0 Å². The Morgan fingerprint density at radius 2 is 1.67 bits per heavy atom. The average molecular weight is 494 g/mol. The second-order valence-corrected chi connectivity index (χ2v) is 10.2. The number of piperidine rings is 1. The van der Waals surface area contributed by atoms with Gasteiger partial charge in [-0.25, -0.2) is 13.1 Å². The maximum Gasteiger partial charge on any atom is 0.240 e. The van der Waals surface area contributed by atoms with Crippen LogP contribution in [0.5, 0.6) is 0 Å². The third-order valence-corrected chi connectivity index (χ3v) is 7.26. The predicted molar refractivity (Wildman–Crippen MR) is 123 cm³/mol. The number of sulfonamides is 1. The van der Waals surface area contributed by atoms with Gasteiger partial charge < -0.3 is 9.80 Å². The summed E-state index contributed by atoms with van der Waals surface area (Å²) in [5.74, 6) is -0.103. The van der Waals surface area contributed by atoms with E-state index in [-0.39, 0.29) is 23.8 Å². The third kappa shape index (κ3) is 6.30. The molecule has 3 rings (SSSR count). The zero-order chi connectivity index (χ0) is 21.6. The molecule has 1 N–H and O–H groups in total. The number of benzene rings is 2. The molecule has 1 fully saturated rings. The number of carbonyl (C=O) groups excluding carboxylic acids is 1. The van der Waals surface area contributed by atoms with Crippen molar-refractivity contribution in [1.29, 1.82) is 0 Å². The number of anilines is 1. The van der Waals surface area contributed by atoms with Gasteiger partial charge in [-0.05, 0) is 61.2 Å². The Bertz CT molecular complexity index is 941. The summed E-state index contributed by atoms with van der Waals surface area (Å²) in [4.78, 5) is 16.6. The van der Waals surface area contributed by atoms with Crippen LogP contribution in [-0.4, -0.2) is 45.9 Å². The van der Waals surface area contributed by atoms with E-state index in [4.69, 9.17) is 0 Å². The average Bonchev–Trinajstić information content (AvgIpc) is 2.75. The predicted octanol–water partition coefficient (Wildman–Crippen LogP) is 3.77. The lowest BCUT2D eigenvalue weighted by Crippen LogP contribution is -2.32. The van der Waals surface area contributed by atoms with Crippen molar-refractivity contribution in [2.75, 3.05) is 31.6 Å². The van der Waals surface area contributed by atoms with Gasteiger partial charge in [-0.15, -0.1) is 0 Å². The van der Waals surface area contributed by atoms with Crippen LogP contribution in [0.1, 0.15) is 31.2 Å². The number of hydrogen-bond acceptors (Lipinski definition) is 4. The highest BCUT2D eigenvalue weighted by Gasteiger charge is 2.16. The molecule has 1 amide bonds. The van der Waals surface area contributed by atoms with Gasteiger partial charge in [0.1, 0.15) is 0 Å². The Morgan fingerprint density at radius 1 is 1.03 bits per heavy atom. The number of nitrogens with zero attached hydrogens (tertiary/aromatic N) is 2. The molecule has 0 spiro atoms. The minimum atomic E-state index is -3.62. The first kappa shape index (κ1) is 22.8. The van der Waals surface area contributed by atoms with Crippen molar-refractivity contribution in [3.05, 3.63) is 58.6 Å². The van der Waals surface area contributed by atoms with Crippen molar-refractivity contribution in [2.45, 2.75) is 37.1 Å². The van der Waals surface area contributed by atoms with E-state index in [0.717, 1.165) is 23.1 Å². The summed E-state index contributed by atoms with van der Waals surface area (Å²) in [5, 5.41) is 0. The van der Waals surface area contributed by atoms with Crippen molar-refractivity contribution in [2.24, 2.45) is 0 Å². The maximum absolute atomic E-state index is 12.4. The highest BCUT2D eigenvalue weighted by molar-refractivity contribution is 9.10. The fraction of sp³-hybridized carbons (Fsp3) is 0.409. The summed E-state index contributed by atoms with van der Waals surface area (Å²) in [5.41, 5.74) is 2.29. The molecule has 0 aliphatic carbocycles. The van der Waals surface area contributed by atoms with Gasteiger partial charge in [0.05, 0.1) is 4.90 Å². The van der Waals surface area contributed by atoms with Crippen molar-refractivity contribution in [1.82, 2.24) is 9.62 Å². The van der Waals surface area contributed by atoms with Crippen LogP contribution in [0.2, 0.25) is 0 Å². The molecule has 1 saturated heterocycles. The first-order chi connectivity index (χ1) is 14.3. The van der Waals surface area contributed by atoms with Crippen molar-refractivity contribution in [3.8, 4) is 0 Å². The van der Waals surface area contributed by atoms with Crippen molar-refractivity contribution in [3.63, 3.8) is 0 Å². The van der Waals surface area contributed by atoms with E-state index in [1.54, 1.807) is 24.1 Å². The number of carbonyl (C=O) groups is 1. The number of amides is 1. The Labute approximate surface area is 187 Å². The molecule has 0 bridgehead atoms. The van der Waals surface area contributed by atoms with E-state index in [1.807, 2.05) is 0 Å². The van der Waals surface area contributed by atoms with Crippen molar-refractivity contribution >= 4 is 37.5 Å². The molecule has 1 aliphatic heterocycles. The Morgan fingerprint density at radius 3 is 2.30 bits per heavy atom. The smallest absolute Gasteiger partial charge is 0.240 e. The molecule has 2 aromatic rings. The zero-order valence-corrected chi connectivity index (χ0v) is 19.6. The fourth-order valence-electron chi connectivity index (χ4n) is 3.51. The van der Waals surface area contributed by atoms with Crippen molar-refractivity contribution < 1.29 is 13.2 Å². The van der Waals surface area contributed by atoms with Gasteiger partial charge in [0, 0.05) is 49.8 Å². The van der Waals surface area contributed by atoms with Gasteiger partial charge in [0.25, 0.3) is 0 Å². The summed E-state index contributed by atoms with van der Waals surface area (Å²) >= 11 is 3.28. The summed E-state index contributed by atoms with van der Waals surface area (Å²) in [6, 6.07) is 14.7. The monoisotopic (exact) mass is 493 g/mol. The first-order valence-electron chi connectivity index (χ1n) is 10.2. The Kier molecular flexibility index (Phi) is 7.91. The van der Waals surface area contributed by atoms with Crippen LogP contribution in [0.3, 0.4) is 0 Å². The maximum atomic E-state index is 12.4. The largest absolute Gasteiger partial charge is 0.372 e. The molecule has 1 aliphatic rings. The second-order valence-electron chi connectivity index (χ2n) is 7.57. The van der Waals surface area contributed by atoms with E-state index in [2.05, 4.69) is 49.8 Å². The van der Waals surface area contributed by atoms with Crippen LogP contribution in [-0.2, 0) is 21.4 Å². The highest BCUT2D eigenvalue weighted by atomic mass is 79.9. The zero-order valence-electron chi connectivity index (χ0n) is 17.2. The summed E-state index contributed by atoms with van der Waals surface area (Å²) in [7, 11) is -1.88. The van der Waals surface area contributed by atoms with Crippen LogP contribution in [0.4, 0.5) is 5.69 Å². The van der Waals surface area contributed by atoms with Crippen LogP contribution < -0.4 is 9.62 Å². The van der Waals surface area contributed by atoms with Gasteiger partial charge in [-0.2, -0.15) is 0 Å². The molecule has 1 heterocycles. The molecule has 8 heteroatoms. The van der Waals surface area contributed by atoms with Crippen LogP contribution in [0, 0.1) is 0 Å². The van der Waals surface area contributed by atoms with Gasteiger partial charge in [-0.1, -0.05) is 28.1 Å². The number of halogens is 1. The third-order valence-electron chi connectivity index (χ3n) is 5.26. The molecule has 0 aromatic heterocycles. The van der Waals surface area contributed by atoms with Gasteiger partial charge in [0.2, 0.25) is 15.9 Å². The van der Waals surface area contributed by atoms with Crippen LogP contribution >= 0.6 is 15.9 Å². The van der Waals surface area contributed by atoms with Gasteiger partial charge in [0.15, 0.2) is 0 Å². The van der Waals surface area contributed by atoms with Crippen LogP contribution in [0.25, 0.3) is 0 Å². The summed E-state index contributed by atoms with van der Waals surface area (Å²) < 4.78 is 27.9. The molecular weight excluding hydrogens is 466 g/mol. The molecule has 6 nitrogen and oxygen atoms in total. The molecule has 30 heavy (non-hydrogen) atoms. The minimum absolute atomic E-state index is 0.0649. The van der Waals surface area contributed by atoms with E-state index in [0.29, 0.717) is 6.54 Å². The molecule has 0 unspecified atom stereocenters. The number of hydrogen-bond donors (Lipinski definition) is 1. The van der Waals surface area contributed by atoms with E-state index in [9.17, 15) is 13.2 Å². The Balaban J connectivity index is 1.46. The number of nitrogens with one attached hydrogen (secondary N) is 1. The van der Waals surface area contributed by atoms with Crippen LogP contribution in [0.15, 0.2) is 57.9 Å². The molecule has 0 atom stereocenters. The Hall–Kier alpha value is -1.90. The highest BCUT2D eigenvalue weighted by Crippen LogP contribution is 2.20. The summed E-state index contributed by atoms with van der Waals surface area (Å²) in [6.07, 6.45) is 3.90. The number of rotatable bonds is 8. The van der Waals surface area contributed by atoms with Gasteiger partial charge in [-0.3, -0.25) is 4.79 Å². The quantitative estimate of drug-likeness (QED) is 0.607. The molecule has 0 saturated carbocycles. The van der Waals surface area contributed by atoms with E-state index in [1.165, 1.54) is 37.1 Å². The SMILES string of the molecule is CN(Cc1ccc(N2CCCCC2)cc1)C(=O)CCNS(=O)(=O)c1ccc(Br)cc1. The fourth-order valence-corrected chi connectivity index (χ4v) is 4.80. The van der Waals surface area contributed by atoms with E-state index >= 15 is 0 Å². The van der Waals surface area contributed by atoms with E-state index < -0.39 is 10.0 Å².